The number of benzene rings is 2. The monoisotopic (exact) mass is 456 g/mol. The van der Waals surface area contributed by atoms with Gasteiger partial charge in [0.1, 0.15) is 17.3 Å². The van der Waals surface area contributed by atoms with Crippen LogP contribution in [-0.2, 0) is 6.54 Å². The molecule has 2 aromatic carbocycles. The zero-order valence-electron chi connectivity index (χ0n) is 20.3. The number of nitrogens with one attached hydrogen (secondary N) is 1. The zero-order chi connectivity index (χ0) is 24.1. The van der Waals surface area contributed by atoms with Gasteiger partial charge in [-0.05, 0) is 67.6 Å². The first-order valence-corrected chi connectivity index (χ1v) is 11.8. The summed E-state index contributed by atoms with van der Waals surface area (Å²) >= 11 is 0. The Morgan fingerprint density at radius 3 is 2.62 bits per heavy atom. The summed E-state index contributed by atoms with van der Waals surface area (Å²) in [4.78, 5) is 21.6. The number of imidazole rings is 1. The first-order valence-electron chi connectivity index (χ1n) is 11.8. The second-order valence-corrected chi connectivity index (χ2v) is 8.92. The lowest BCUT2D eigenvalue weighted by molar-refractivity contribution is 0.0932. The fourth-order valence-electron chi connectivity index (χ4n) is 4.14. The van der Waals surface area contributed by atoms with E-state index in [9.17, 15) is 4.79 Å². The third-order valence-electron chi connectivity index (χ3n) is 5.89. The van der Waals surface area contributed by atoms with Crippen molar-refractivity contribution in [3.63, 3.8) is 0 Å². The quantitative estimate of drug-likeness (QED) is 0.322. The fraction of sp³-hybridized carbons (Fsp3) is 0.321. The van der Waals surface area contributed by atoms with Gasteiger partial charge in [0.15, 0.2) is 0 Å². The number of aryl methyl sites for hydroxylation is 2. The number of hydrogen-bond donors (Lipinski definition) is 1. The fourth-order valence-corrected chi connectivity index (χ4v) is 4.14. The van der Waals surface area contributed by atoms with Crippen molar-refractivity contribution in [2.24, 2.45) is 0 Å². The van der Waals surface area contributed by atoms with Crippen molar-refractivity contribution in [2.75, 3.05) is 6.61 Å². The van der Waals surface area contributed by atoms with Crippen LogP contribution in [0, 0.1) is 6.92 Å². The minimum absolute atomic E-state index is 0.212. The molecule has 2 heterocycles. The standard InChI is InChI=1S/C28H32N4O2/c1-19(2)22-14-13-20(3)18-26(22)34-17-9-16-32-25-12-6-5-10-23(25)31-27(32)21(4)30-28(33)24-11-7-8-15-29-24/h5-8,10-15,18-19,21H,9,16-17H2,1-4H3,(H,30,33). The van der Waals surface area contributed by atoms with Crippen molar-refractivity contribution in [1.29, 1.82) is 0 Å². The largest absolute Gasteiger partial charge is 0.493 e. The van der Waals surface area contributed by atoms with Gasteiger partial charge in [0.2, 0.25) is 0 Å². The summed E-state index contributed by atoms with van der Waals surface area (Å²) in [6.07, 6.45) is 2.44. The number of fused-ring (bicyclic) bond motifs is 1. The SMILES string of the molecule is Cc1ccc(C(C)C)c(OCCCn2c(C(C)NC(=O)c3ccccn3)nc3ccccc32)c1. The number of amides is 1. The minimum Gasteiger partial charge on any atom is -0.493 e. The summed E-state index contributed by atoms with van der Waals surface area (Å²) in [7, 11) is 0. The molecule has 0 spiro atoms. The van der Waals surface area contributed by atoms with E-state index < -0.39 is 0 Å². The van der Waals surface area contributed by atoms with Crippen LogP contribution in [0.15, 0.2) is 66.9 Å². The molecule has 6 nitrogen and oxygen atoms in total. The van der Waals surface area contributed by atoms with Gasteiger partial charge in [-0.25, -0.2) is 4.98 Å². The number of nitrogens with zero attached hydrogens (tertiary/aromatic N) is 3. The van der Waals surface area contributed by atoms with Crippen LogP contribution in [0.2, 0.25) is 0 Å². The molecule has 1 atom stereocenters. The van der Waals surface area contributed by atoms with Crippen LogP contribution < -0.4 is 10.1 Å². The zero-order valence-corrected chi connectivity index (χ0v) is 20.3. The molecule has 4 aromatic rings. The van der Waals surface area contributed by atoms with Crippen molar-refractivity contribution in [2.45, 2.75) is 52.6 Å². The second kappa shape index (κ2) is 10.5. The van der Waals surface area contributed by atoms with E-state index >= 15 is 0 Å². The molecule has 2 aromatic heterocycles. The van der Waals surface area contributed by atoms with Gasteiger partial charge in [-0.2, -0.15) is 0 Å². The average Bonchev–Trinajstić information content (AvgIpc) is 3.21. The first kappa shape index (κ1) is 23.5. The summed E-state index contributed by atoms with van der Waals surface area (Å²) in [5, 5.41) is 3.04. The van der Waals surface area contributed by atoms with Crippen LogP contribution in [-0.4, -0.2) is 27.0 Å². The maximum atomic E-state index is 12.7. The number of carbonyl (C=O) groups excluding carboxylic acids is 1. The van der Waals surface area contributed by atoms with Gasteiger partial charge < -0.3 is 14.6 Å². The van der Waals surface area contributed by atoms with Crippen LogP contribution in [0.4, 0.5) is 0 Å². The molecule has 1 unspecified atom stereocenters. The molecule has 0 saturated heterocycles. The number of rotatable bonds is 9. The molecule has 0 aliphatic carbocycles. The number of aromatic nitrogens is 3. The van der Waals surface area contributed by atoms with E-state index in [-0.39, 0.29) is 11.9 Å². The summed E-state index contributed by atoms with van der Waals surface area (Å²) in [6, 6.07) is 19.5. The van der Waals surface area contributed by atoms with Gasteiger partial charge >= 0.3 is 0 Å². The van der Waals surface area contributed by atoms with Gasteiger partial charge in [-0.1, -0.05) is 44.2 Å². The van der Waals surface area contributed by atoms with E-state index in [4.69, 9.17) is 9.72 Å². The van der Waals surface area contributed by atoms with E-state index in [2.05, 4.69) is 59.9 Å². The van der Waals surface area contributed by atoms with Crippen LogP contribution in [0.3, 0.4) is 0 Å². The topological polar surface area (TPSA) is 69.0 Å². The molecule has 0 bridgehead atoms. The Bertz CT molecular complexity index is 1260. The normalized spacial score (nSPS) is 12.1. The highest BCUT2D eigenvalue weighted by Crippen LogP contribution is 2.28. The molecule has 0 aliphatic rings. The van der Waals surface area contributed by atoms with Gasteiger partial charge in [0, 0.05) is 12.7 Å². The third-order valence-corrected chi connectivity index (χ3v) is 5.89. The van der Waals surface area contributed by atoms with Crippen molar-refractivity contribution in [3.8, 4) is 5.75 Å². The summed E-state index contributed by atoms with van der Waals surface area (Å²) in [5.41, 5.74) is 4.78. The van der Waals surface area contributed by atoms with E-state index in [1.54, 1.807) is 24.4 Å². The van der Waals surface area contributed by atoms with Gasteiger partial charge in [0.05, 0.1) is 23.7 Å². The minimum atomic E-state index is -0.271. The molecule has 6 heteroatoms. The number of ether oxygens (including phenoxy) is 1. The molecule has 1 amide bonds. The Labute approximate surface area is 201 Å². The van der Waals surface area contributed by atoms with Crippen LogP contribution in [0.5, 0.6) is 5.75 Å². The molecule has 0 radical (unpaired) electrons. The van der Waals surface area contributed by atoms with Gasteiger partial charge in [-0.15, -0.1) is 0 Å². The molecule has 1 N–H and O–H groups in total. The predicted octanol–water partition coefficient (Wildman–Crippen LogP) is 5.82. The van der Waals surface area contributed by atoms with Crippen molar-refractivity contribution >= 4 is 16.9 Å². The van der Waals surface area contributed by atoms with Crippen molar-refractivity contribution in [3.05, 3.63) is 89.5 Å². The first-order chi connectivity index (χ1) is 16.4. The number of pyridine rings is 1. The van der Waals surface area contributed by atoms with Crippen molar-refractivity contribution < 1.29 is 9.53 Å². The summed E-state index contributed by atoms with van der Waals surface area (Å²) in [5.74, 6) is 1.98. The van der Waals surface area contributed by atoms with E-state index in [1.165, 1.54) is 11.1 Å². The molecule has 34 heavy (non-hydrogen) atoms. The van der Waals surface area contributed by atoms with E-state index in [0.717, 1.165) is 35.6 Å². The average molecular weight is 457 g/mol. The molecular weight excluding hydrogens is 424 g/mol. The number of hydrogen-bond acceptors (Lipinski definition) is 4. The smallest absolute Gasteiger partial charge is 0.270 e. The second-order valence-electron chi connectivity index (χ2n) is 8.92. The van der Waals surface area contributed by atoms with E-state index in [0.29, 0.717) is 18.2 Å². The Hall–Kier alpha value is -3.67. The number of para-hydroxylation sites is 2. The number of carbonyl (C=O) groups is 1. The lowest BCUT2D eigenvalue weighted by atomic mass is 10.0. The van der Waals surface area contributed by atoms with Crippen LogP contribution in [0.1, 0.15) is 66.6 Å². The van der Waals surface area contributed by atoms with Crippen LogP contribution >= 0.6 is 0 Å². The lowest BCUT2D eigenvalue weighted by Crippen LogP contribution is -2.29. The predicted molar refractivity (Wildman–Crippen MR) is 135 cm³/mol. The molecule has 0 fully saturated rings. The molecule has 0 saturated carbocycles. The van der Waals surface area contributed by atoms with Gasteiger partial charge in [-0.3, -0.25) is 9.78 Å². The van der Waals surface area contributed by atoms with Crippen LogP contribution in [0.25, 0.3) is 11.0 Å². The Morgan fingerprint density at radius 1 is 1.06 bits per heavy atom. The summed E-state index contributed by atoms with van der Waals surface area (Å²) in [6.45, 7) is 9.74. The van der Waals surface area contributed by atoms with E-state index in [1.807, 2.05) is 25.1 Å². The molecule has 4 rings (SSSR count). The Kier molecular flexibility index (Phi) is 7.26. The third kappa shape index (κ3) is 5.28. The van der Waals surface area contributed by atoms with Crippen molar-refractivity contribution in [1.82, 2.24) is 19.9 Å². The summed E-state index contributed by atoms with van der Waals surface area (Å²) < 4.78 is 8.38. The molecule has 176 valence electrons. The highest BCUT2D eigenvalue weighted by atomic mass is 16.5. The maximum absolute atomic E-state index is 12.7. The molecular formula is C28H32N4O2. The van der Waals surface area contributed by atoms with Gasteiger partial charge in [0.25, 0.3) is 5.91 Å². The lowest BCUT2D eigenvalue weighted by Gasteiger charge is -2.17. The Balaban J connectivity index is 1.49. The highest BCUT2D eigenvalue weighted by Gasteiger charge is 2.19. The maximum Gasteiger partial charge on any atom is 0.270 e. The molecule has 0 aliphatic heterocycles. The highest BCUT2D eigenvalue weighted by molar-refractivity contribution is 5.92. The Morgan fingerprint density at radius 2 is 1.85 bits per heavy atom.